The molecule has 1 aromatic rings. The van der Waals surface area contributed by atoms with Gasteiger partial charge in [-0.15, -0.1) is 0 Å². The van der Waals surface area contributed by atoms with Gasteiger partial charge in [-0.1, -0.05) is 50.0 Å². The number of nitrogens with zero attached hydrogens (tertiary/aromatic N) is 4. The van der Waals surface area contributed by atoms with Crippen molar-refractivity contribution in [2.75, 3.05) is 11.5 Å². The molecular formula is C23H28N4O4. The topological polar surface area (TPSA) is 112 Å². The first-order valence-corrected chi connectivity index (χ1v) is 10.8. The monoisotopic (exact) mass is 424 g/mol. The first-order valence-electron chi connectivity index (χ1n) is 10.8. The van der Waals surface area contributed by atoms with Crippen molar-refractivity contribution in [2.45, 2.75) is 58.0 Å². The van der Waals surface area contributed by atoms with Gasteiger partial charge < -0.3 is 4.74 Å². The third kappa shape index (κ3) is 4.80. The standard InChI is InChI=1S/C23H28N4O4/c1-3-5-6-7-16-12-17(28)13-20-21(16)22(29)18-11-15(14-25-26-24)8-9-19(18)27(20)23(30)31-10-4-2/h4,8-9,11,16,20-21H,2-3,5-7,10,12-14H2,1H3. The predicted molar refractivity (Wildman–Crippen MR) is 117 cm³/mol. The van der Waals surface area contributed by atoms with Crippen LogP contribution in [0.1, 0.15) is 61.4 Å². The van der Waals surface area contributed by atoms with E-state index in [-0.39, 0.29) is 37.1 Å². The number of hydrogen-bond donors (Lipinski definition) is 0. The molecule has 1 saturated carbocycles. The number of carbonyl (C=O) groups is 3. The van der Waals surface area contributed by atoms with Gasteiger partial charge in [0.2, 0.25) is 0 Å². The Bertz CT molecular complexity index is 922. The molecule has 0 N–H and O–H groups in total. The van der Waals surface area contributed by atoms with E-state index in [1.165, 1.54) is 11.0 Å². The third-order valence-electron chi connectivity index (χ3n) is 6.09. The SMILES string of the molecule is C=CCOC(=O)N1c2ccc(CN=[N+]=[N-])cc2C(=O)C2C(CCCCC)CC(=O)CC21. The largest absolute Gasteiger partial charge is 0.445 e. The van der Waals surface area contributed by atoms with Gasteiger partial charge in [-0.25, -0.2) is 4.79 Å². The lowest BCUT2D eigenvalue weighted by Gasteiger charge is -2.46. The highest BCUT2D eigenvalue weighted by Gasteiger charge is 2.50. The molecule has 31 heavy (non-hydrogen) atoms. The molecule has 1 aliphatic carbocycles. The van der Waals surface area contributed by atoms with Crippen molar-refractivity contribution in [2.24, 2.45) is 17.0 Å². The van der Waals surface area contributed by atoms with Crippen molar-refractivity contribution in [3.05, 3.63) is 52.4 Å². The third-order valence-corrected chi connectivity index (χ3v) is 6.09. The Hall–Kier alpha value is -3.12. The molecule has 0 aromatic heterocycles. The van der Waals surface area contributed by atoms with Gasteiger partial charge in [0.1, 0.15) is 12.4 Å². The Morgan fingerprint density at radius 2 is 2.16 bits per heavy atom. The van der Waals surface area contributed by atoms with Gasteiger partial charge in [-0.2, -0.15) is 0 Å². The van der Waals surface area contributed by atoms with Crippen LogP contribution in [0.25, 0.3) is 10.4 Å². The van der Waals surface area contributed by atoms with Crippen LogP contribution in [0.3, 0.4) is 0 Å². The van der Waals surface area contributed by atoms with E-state index < -0.39 is 18.1 Å². The van der Waals surface area contributed by atoms with Crippen LogP contribution in [0, 0.1) is 11.8 Å². The van der Waals surface area contributed by atoms with Crippen molar-refractivity contribution in [1.29, 1.82) is 0 Å². The quantitative estimate of drug-likeness (QED) is 0.184. The Morgan fingerprint density at radius 1 is 1.35 bits per heavy atom. The molecule has 3 rings (SSSR count). The zero-order chi connectivity index (χ0) is 22.4. The molecule has 0 bridgehead atoms. The summed E-state index contributed by atoms with van der Waals surface area (Å²) >= 11 is 0. The molecule has 1 amide bonds. The summed E-state index contributed by atoms with van der Waals surface area (Å²) in [6, 6.07) is 4.54. The number of anilines is 1. The number of rotatable bonds is 8. The molecule has 3 unspecified atom stereocenters. The summed E-state index contributed by atoms with van der Waals surface area (Å²) in [5.74, 6) is -0.535. The van der Waals surface area contributed by atoms with Crippen molar-refractivity contribution in [3.63, 3.8) is 0 Å². The number of carbonyl (C=O) groups excluding carboxylic acids is 3. The van der Waals surface area contributed by atoms with Gasteiger partial charge >= 0.3 is 6.09 Å². The first kappa shape index (κ1) is 22.6. The van der Waals surface area contributed by atoms with Crippen molar-refractivity contribution < 1.29 is 19.1 Å². The van der Waals surface area contributed by atoms with Crippen molar-refractivity contribution in [1.82, 2.24) is 0 Å². The molecular weight excluding hydrogens is 396 g/mol. The van der Waals surface area contributed by atoms with E-state index in [0.717, 1.165) is 25.7 Å². The number of Topliss-reactive ketones (excluding diaryl/α,β-unsaturated/α-hetero) is 2. The Labute approximate surface area is 181 Å². The van der Waals surface area contributed by atoms with Gasteiger partial charge in [-0.3, -0.25) is 14.5 Å². The average molecular weight is 425 g/mol. The normalized spacial score (nSPS) is 22.2. The van der Waals surface area contributed by atoms with Crippen LogP contribution in [0.2, 0.25) is 0 Å². The fraction of sp³-hybridized carbons (Fsp3) is 0.522. The maximum Gasteiger partial charge on any atom is 0.414 e. The fourth-order valence-electron chi connectivity index (χ4n) is 4.75. The van der Waals surface area contributed by atoms with E-state index in [0.29, 0.717) is 23.2 Å². The molecule has 8 heteroatoms. The summed E-state index contributed by atoms with van der Waals surface area (Å²) < 4.78 is 5.32. The van der Waals surface area contributed by atoms with Gasteiger partial charge in [0, 0.05) is 29.2 Å². The van der Waals surface area contributed by atoms with Crippen LogP contribution in [0.4, 0.5) is 10.5 Å². The number of amides is 1. The van der Waals surface area contributed by atoms with Crippen LogP contribution < -0.4 is 4.90 Å². The van der Waals surface area contributed by atoms with E-state index >= 15 is 0 Å². The van der Waals surface area contributed by atoms with E-state index in [9.17, 15) is 14.4 Å². The number of azide groups is 1. The highest BCUT2D eigenvalue weighted by Crippen LogP contribution is 2.44. The number of ether oxygens (including phenoxy) is 1. The summed E-state index contributed by atoms with van der Waals surface area (Å²) in [6.07, 6.45) is 5.19. The summed E-state index contributed by atoms with van der Waals surface area (Å²) in [4.78, 5) is 43.4. The Kier molecular flexibility index (Phi) is 7.47. The second kappa shape index (κ2) is 10.3. The first-order chi connectivity index (χ1) is 15.0. The predicted octanol–water partition coefficient (Wildman–Crippen LogP) is 5.37. The minimum atomic E-state index is -0.589. The van der Waals surface area contributed by atoms with Crippen LogP contribution in [0.15, 0.2) is 36.0 Å². The number of fused-ring (bicyclic) bond motifs is 2. The molecule has 1 fully saturated rings. The molecule has 1 aliphatic heterocycles. The lowest BCUT2D eigenvalue weighted by Crippen LogP contribution is -2.56. The highest BCUT2D eigenvalue weighted by molar-refractivity contribution is 6.11. The van der Waals surface area contributed by atoms with Crippen LogP contribution in [-0.4, -0.2) is 30.3 Å². The highest BCUT2D eigenvalue weighted by atomic mass is 16.6. The van der Waals surface area contributed by atoms with E-state index in [1.54, 1.807) is 18.2 Å². The zero-order valence-corrected chi connectivity index (χ0v) is 17.8. The molecule has 0 saturated heterocycles. The molecule has 1 heterocycles. The summed E-state index contributed by atoms with van der Waals surface area (Å²) in [5, 5.41) is 3.58. The number of hydrogen-bond acceptors (Lipinski definition) is 5. The Balaban J connectivity index is 2.05. The van der Waals surface area contributed by atoms with E-state index in [1.807, 2.05) is 0 Å². The smallest absolute Gasteiger partial charge is 0.414 e. The maximum atomic E-state index is 13.6. The number of unbranched alkanes of at least 4 members (excludes halogenated alkanes) is 2. The van der Waals surface area contributed by atoms with Crippen molar-refractivity contribution >= 4 is 23.3 Å². The molecule has 3 atom stereocenters. The van der Waals surface area contributed by atoms with E-state index in [2.05, 4.69) is 23.5 Å². The summed E-state index contributed by atoms with van der Waals surface area (Å²) in [7, 11) is 0. The van der Waals surface area contributed by atoms with Crippen LogP contribution in [0.5, 0.6) is 0 Å². The maximum absolute atomic E-state index is 13.6. The molecule has 0 radical (unpaired) electrons. The van der Waals surface area contributed by atoms with Crippen LogP contribution in [-0.2, 0) is 16.1 Å². The zero-order valence-electron chi connectivity index (χ0n) is 17.8. The second-order valence-electron chi connectivity index (χ2n) is 8.14. The number of benzene rings is 1. The minimum Gasteiger partial charge on any atom is -0.445 e. The summed E-state index contributed by atoms with van der Waals surface area (Å²) in [5.41, 5.74) is 10.2. The van der Waals surface area contributed by atoms with Gasteiger partial charge in [0.25, 0.3) is 0 Å². The second-order valence-corrected chi connectivity index (χ2v) is 8.14. The molecule has 8 nitrogen and oxygen atoms in total. The minimum absolute atomic E-state index is 0.0405. The van der Waals surface area contributed by atoms with Crippen molar-refractivity contribution in [3.8, 4) is 0 Å². The lowest BCUT2D eigenvalue weighted by molar-refractivity contribution is -0.122. The molecule has 164 valence electrons. The fourth-order valence-corrected chi connectivity index (χ4v) is 4.75. The molecule has 1 aromatic carbocycles. The van der Waals surface area contributed by atoms with Crippen LogP contribution >= 0.6 is 0 Å². The molecule has 2 aliphatic rings. The van der Waals surface area contributed by atoms with E-state index in [4.69, 9.17) is 10.3 Å². The number of ketones is 2. The van der Waals surface area contributed by atoms with Gasteiger partial charge in [-0.05, 0) is 35.6 Å². The average Bonchev–Trinajstić information content (AvgIpc) is 2.76. The van der Waals surface area contributed by atoms with Gasteiger partial charge in [0.05, 0.1) is 18.3 Å². The lowest BCUT2D eigenvalue weighted by atomic mass is 9.67. The molecule has 0 spiro atoms. The Morgan fingerprint density at radius 3 is 2.87 bits per heavy atom. The summed E-state index contributed by atoms with van der Waals surface area (Å²) in [6.45, 7) is 5.84. The van der Waals surface area contributed by atoms with Gasteiger partial charge in [0.15, 0.2) is 5.78 Å².